The zero-order valence-electron chi connectivity index (χ0n) is 15.2. The molecule has 2 aliphatic rings. The number of aryl methyl sites for hydroxylation is 1. The van der Waals surface area contributed by atoms with Gasteiger partial charge in [-0.2, -0.15) is 0 Å². The number of carbonyl (C=O) groups is 1. The van der Waals surface area contributed by atoms with E-state index in [0.717, 1.165) is 24.1 Å². The van der Waals surface area contributed by atoms with E-state index in [2.05, 4.69) is 0 Å². The van der Waals surface area contributed by atoms with Gasteiger partial charge in [0.1, 0.15) is 5.75 Å². The van der Waals surface area contributed by atoms with Crippen LogP contribution in [0.4, 0.5) is 11.4 Å². The van der Waals surface area contributed by atoms with Crippen molar-refractivity contribution in [3.63, 3.8) is 0 Å². The Morgan fingerprint density at radius 2 is 1.74 bits per heavy atom. The molecular weight excluding hydrogens is 364 g/mol. The molecule has 2 aromatic rings. The summed E-state index contributed by atoms with van der Waals surface area (Å²) in [5.74, 6) is 0.302. The van der Waals surface area contributed by atoms with Gasteiger partial charge in [0.15, 0.2) is 6.10 Å². The van der Waals surface area contributed by atoms with E-state index >= 15 is 0 Å². The molecule has 0 aliphatic carbocycles. The number of anilines is 2. The first kappa shape index (κ1) is 17.9. The molecule has 6 nitrogen and oxygen atoms in total. The van der Waals surface area contributed by atoms with Crippen molar-refractivity contribution in [3.05, 3.63) is 54.1 Å². The third-order valence-electron chi connectivity index (χ3n) is 5.05. The number of hydrogen-bond acceptors (Lipinski definition) is 4. The minimum atomic E-state index is -3.46. The van der Waals surface area contributed by atoms with Crippen LogP contribution in [-0.4, -0.2) is 39.8 Å². The number of hydrogen-bond donors (Lipinski definition) is 0. The van der Waals surface area contributed by atoms with Crippen molar-refractivity contribution in [2.45, 2.75) is 25.4 Å². The molecule has 0 spiro atoms. The van der Waals surface area contributed by atoms with Crippen LogP contribution in [0.2, 0.25) is 0 Å². The molecule has 7 heteroatoms. The van der Waals surface area contributed by atoms with Gasteiger partial charge in [0.05, 0.1) is 11.9 Å². The minimum Gasteiger partial charge on any atom is -0.478 e. The van der Waals surface area contributed by atoms with E-state index < -0.39 is 16.1 Å². The molecular formula is C20H22N2O4S. The van der Waals surface area contributed by atoms with Crippen molar-refractivity contribution in [1.82, 2.24) is 0 Å². The van der Waals surface area contributed by atoms with Crippen LogP contribution in [0.3, 0.4) is 0 Å². The molecule has 0 bridgehead atoms. The second-order valence-electron chi connectivity index (χ2n) is 6.92. The molecule has 142 valence electrons. The van der Waals surface area contributed by atoms with Crippen LogP contribution in [-0.2, 0) is 21.2 Å². The Morgan fingerprint density at radius 1 is 1.04 bits per heavy atom. The smallest absolute Gasteiger partial charge is 0.268 e. The van der Waals surface area contributed by atoms with Gasteiger partial charge in [-0.1, -0.05) is 30.3 Å². The molecule has 0 fully saturated rings. The van der Waals surface area contributed by atoms with Crippen molar-refractivity contribution in [2.75, 3.05) is 28.6 Å². The summed E-state index contributed by atoms with van der Waals surface area (Å²) in [5.41, 5.74) is 2.56. The Morgan fingerprint density at radius 3 is 2.52 bits per heavy atom. The SMILES string of the molecule is CS(=O)(=O)N1CCC(C(=O)N2CCCc3ccccc32)Oc2ccccc21. The standard InChI is InChI=1S/C20H22N2O4S/c1-27(24,25)22-14-12-19(26-18-11-5-4-10-17(18)22)20(23)21-13-6-8-15-7-2-3-9-16(15)21/h2-5,7,9-11,19H,6,8,12-14H2,1H3. The molecule has 1 atom stereocenters. The lowest BCUT2D eigenvalue weighted by molar-refractivity contribution is -0.125. The molecule has 4 rings (SSSR count). The molecule has 2 heterocycles. The second kappa shape index (κ2) is 6.88. The Hall–Kier alpha value is -2.54. The van der Waals surface area contributed by atoms with Gasteiger partial charge >= 0.3 is 0 Å². The van der Waals surface area contributed by atoms with Gasteiger partial charge in [0.25, 0.3) is 5.91 Å². The highest BCUT2D eigenvalue weighted by Gasteiger charge is 2.34. The number of rotatable bonds is 2. The summed E-state index contributed by atoms with van der Waals surface area (Å²) < 4.78 is 31.8. The predicted octanol–water partition coefficient (Wildman–Crippen LogP) is 2.58. The van der Waals surface area contributed by atoms with Gasteiger partial charge in [-0.05, 0) is 36.6 Å². The van der Waals surface area contributed by atoms with E-state index in [0.29, 0.717) is 24.4 Å². The van der Waals surface area contributed by atoms with Crippen molar-refractivity contribution in [2.24, 2.45) is 0 Å². The highest BCUT2D eigenvalue weighted by molar-refractivity contribution is 7.92. The fraction of sp³-hybridized carbons (Fsp3) is 0.350. The summed E-state index contributed by atoms with van der Waals surface area (Å²) in [6, 6.07) is 14.9. The minimum absolute atomic E-state index is 0.118. The van der Waals surface area contributed by atoms with Crippen molar-refractivity contribution in [3.8, 4) is 5.75 Å². The summed E-state index contributed by atoms with van der Waals surface area (Å²) >= 11 is 0. The molecule has 0 saturated heterocycles. The zero-order chi connectivity index (χ0) is 19.0. The fourth-order valence-corrected chi connectivity index (χ4v) is 4.73. The van der Waals surface area contributed by atoms with E-state index in [-0.39, 0.29) is 12.5 Å². The van der Waals surface area contributed by atoms with Crippen LogP contribution < -0.4 is 13.9 Å². The Labute approximate surface area is 159 Å². The van der Waals surface area contributed by atoms with E-state index in [1.807, 2.05) is 24.3 Å². The normalized spacial score (nSPS) is 19.5. The van der Waals surface area contributed by atoms with Gasteiger partial charge in [0, 0.05) is 25.2 Å². The summed E-state index contributed by atoms with van der Waals surface area (Å²) in [6.45, 7) is 0.856. The number of ether oxygens (including phenoxy) is 1. The fourth-order valence-electron chi connectivity index (χ4n) is 3.78. The third kappa shape index (κ3) is 3.39. The van der Waals surface area contributed by atoms with Crippen LogP contribution in [0, 0.1) is 0 Å². The van der Waals surface area contributed by atoms with Crippen LogP contribution in [0.1, 0.15) is 18.4 Å². The maximum atomic E-state index is 13.3. The first-order valence-electron chi connectivity index (χ1n) is 9.08. The summed E-state index contributed by atoms with van der Waals surface area (Å²) in [5, 5.41) is 0. The topological polar surface area (TPSA) is 66.9 Å². The second-order valence-corrected chi connectivity index (χ2v) is 8.83. The van der Waals surface area contributed by atoms with Crippen molar-refractivity contribution >= 4 is 27.3 Å². The Balaban J connectivity index is 1.66. The highest BCUT2D eigenvalue weighted by atomic mass is 32.2. The predicted molar refractivity (Wildman–Crippen MR) is 105 cm³/mol. The van der Waals surface area contributed by atoms with Gasteiger partial charge in [-0.15, -0.1) is 0 Å². The van der Waals surface area contributed by atoms with E-state index in [9.17, 15) is 13.2 Å². The molecule has 1 unspecified atom stereocenters. The average Bonchev–Trinajstić information content (AvgIpc) is 2.86. The van der Waals surface area contributed by atoms with Crippen molar-refractivity contribution < 1.29 is 17.9 Å². The highest BCUT2D eigenvalue weighted by Crippen LogP contribution is 2.35. The first-order valence-corrected chi connectivity index (χ1v) is 10.9. The molecule has 0 N–H and O–H groups in total. The first-order chi connectivity index (χ1) is 12.9. The molecule has 1 amide bonds. The van der Waals surface area contributed by atoms with Gasteiger partial charge in [0.2, 0.25) is 10.0 Å². The van der Waals surface area contributed by atoms with Gasteiger partial charge < -0.3 is 9.64 Å². The van der Waals surface area contributed by atoms with E-state index in [1.54, 1.807) is 29.2 Å². The number of carbonyl (C=O) groups excluding carboxylic acids is 1. The summed E-state index contributed by atoms with van der Waals surface area (Å²) in [7, 11) is -3.46. The van der Waals surface area contributed by atoms with Gasteiger partial charge in [-0.3, -0.25) is 9.10 Å². The lowest BCUT2D eigenvalue weighted by Crippen LogP contribution is -2.45. The van der Waals surface area contributed by atoms with E-state index in [4.69, 9.17) is 4.74 Å². The molecule has 0 saturated carbocycles. The Bertz CT molecular complexity index is 973. The number of amides is 1. The van der Waals surface area contributed by atoms with Crippen LogP contribution in [0.25, 0.3) is 0 Å². The van der Waals surface area contributed by atoms with Crippen LogP contribution >= 0.6 is 0 Å². The number of nitrogens with zero attached hydrogens (tertiary/aromatic N) is 2. The number of benzene rings is 2. The van der Waals surface area contributed by atoms with E-state index in [1.165, 1.54) is 10.6 Å². The Kier molecular flexibility index (Phi) is 4.55. The summed E-state index contributed by atoms with van der Waals surface area (Å²) in [4.78, 5) is 15.0. The van der Waals surface area contributed by atoms with Crippen LogP contribution in [0.5, 0.6) is 5.75 Å². The number of para-hydroxylation sites is 3. The van der Waals surface area contributed by atoms with Gasteiger partial charge in [-0.25, -0.2) is 8.42 Å². The quantitative estimate of drug-likeness (QED) is 0.796. The molecule has 0 aromatic heterocycles. The largest absolute Gasteiger partial charge is 0.478 e. The number of sulfonamides is 1. The lowest BCUT2D eigenvalue weighted by atomic mass is 10.0. The maximum Gasteiger partial charge on any atom is 0.268 e. The number of fused-ring (bicyclic) bond motifs is 2. The molecule has 0 radical (unpaired) electrons. The molecule has 2 aromatic carbocycles. The average molecular weight is 386 g/mol. The monoisotopic (exact) mass is 386 g/mol. The van der Waals surface area contributed by atoms with Crippen molar-refractivity contribution in [1.29, 1.82) is 0 Å². The van der Waals surface area contributed by atoms with Crippen LogP contribution in [0.15, 0.2) is 48.5 Å². The maximum absolute atomic E-state index is 13.3. The third-order valence-corrected chi connectivity index (χ3v) is 6.23. The zero-order valence-corrected chi connectivity index (χ0v) is 16.0. The summed E-state index contributed by atoms with van der Waals surface area (Å²) in [6.07, 6.45) is 2.62. The molecule has 2 aliphatic heterocycles. The lowest BCUT2D eigenvalue weighted by Gasteiger charge is -2.32. The molecule has 27 heavy (non-hydrogen) atoms.